The van der Waals surface area contributed by atoms with Crippen LogP contribution in [-0.4, -0.2) is 33.8 Å². The maximum Gasteiger partial charge on any atom is 0.124 e. The van der Waals surface area contributed by atoms with Gasteiger partial charge in [0.1, 0.15) is 10.7 Å². The normalized spacial score (nSPS) is 29.9. The Bertz CT molecular complexity index is 522. The molecule has 20 heavy (non-hydrogen) atoms. The molecule has 2 atom stereocenters. The van der Waals surface area contributed by atoms with Gasteiger partial charge in [-0.1, -0.05) is 25.1 Å². The number of fused-ring (bicyclic) bond motifs is 1. The van der Waals surface area contributed by atoms with E-state index in [1.165, 1.54) is 6.42 Å². The van der Waals surface area contributed by atoms with Gasteiger partial charge in [-0.25, -0.2) is 0 Å². The molecule has 2 unspecified atom stereocenters. The second-order valence-corrected chi connectivity index (χ2v) is 6.42. The minimum atomic E-state index is -0.458. The maximum atomic E-state index is 10.7. The molecule has 0 spiro atoms. The minimum Gasteiger partial charge on any atom is -0.389 e. The topological polar surface area (TPSA) is 62.4 Å². The number of piperidine rings is 1. The van der Waals surface area contributed by atoms with Crippen LogP contribution < -0.4 is 10.6 Å². The van der Waals surface area contributed by atoms with Crippen LogP contribution in [0.15, 0.2) is 18.3 Å². The summed E-state index contributed by atoms with van der Waals surface area (Å²) in [6, 6.07) is 3.94. The molecular weight excluding hydrogens is 270 g/mol. The lowest BCUT2D eigenvalue weighted by Gasteiger charge is -2.48. The molecule has 1 aliphatic carbocycles. The Labute approximate surface area is 125 Å². The van der Waals surface area contributed by atoms with E-state index in [1.807, 2.05) is 12.1 Å². The summed E-state index contributed by atoms with van der Waals surface area (Å²) in [5, 5.41) is 10.7. The lowest BCUT2D eigenvalue weighted by molar-refractivity contribution is -0.0612. The van der Waals surface area contributed by atoms with E-state index in [1.54, 1.807) is 6.20 Å². The molecule has 1 aliphatic heterocycles. The molecule has 5 heteroatoms. The first-order valence-electron chi connectivity index (χ1n) is 7.32. The number of pyridine rings is 1. The Morgan fingerprint density at radius 3 is 3.10 bits per heavy atom. The maximum absolute atomic E-state index is 10.7. The molecule has 2 heterocycles. The Morgan fingerprint density at radius 2 is 2.30 bits per heavy atom. The Morgan fingerprint density at radius 1 is 1.45 bits per heavy atom. The zero-order valence-corrected chi connectivity index (χ0v) is 12.4. The molecule has 108 valence electrons. The Balaban J connectivity index is 1.85. The van der Waals surface area contributed by atoms with Crippen LogP contribution in [0, 0.1) is 5.92 Å². The number of nitrogens with zero attached hydrogens (tertiary/aromatic N) is 2. The molecule has 1 saturated carbocycles. The average molecular weight is 291 g/mol. The summed E-state index contributed by atoms with van der Waals surface area (Å²) in [6.45, 7) is 1.71. The first-order valence-corrected chi connectivity index (χ1v) is 7.73. The van der Waals surface area contributed by atoms with Crippen LogP contribution in [0.2, 0.25) is 0 Å². The van der Waals surface area contributed by atoms with Gasteiger partial charge in [-0.3, -0.25) is 4.98 Å². The summed E-state index contributed by atoms with van der Waals surface area (Å²) < 4.78 is 0. The summed E-state index contributed by atoms with van der Waals surface area (Å²) >= 11 is 5.09. The highest BCUT2D eigenvalue weighted by Crippen LogP contribution is 2.41. The first kappa shape index (κ1) is 13.8. The fraction of sp³-hybridized carbons (Fsp3) is 0.600. The smallest absolute Gasteiger partial charge is 0.124 e. The van der Waals surface area contributed by atoms with Gasteiger partial charge in [-0.05, 0) is 31.4 Å². The van der Waals surface area contributed by atoms with E-state index in [-0.39, 0.29) is 0 Å². The fourth-order valence-corrected chi connectivity index (χ4v) is 3.79. The first-order chi connectivity index (χ1) is 9.60. The fourth-order valence-electron chi connectivity index (χ4n) is 3.63. The predicted octanol–water partition coefficient (Wildman–Crippen LogP) is 1.85. The minimum absolute atomic E-state index is 0.338. The van der Waals surface area contributed by atoms with Crippen molar-refractivity contribution in [2.45, 2.75) is 37.7 Å². The van der Waals surface area contributed by atoms with E-state index in [0.717, 1.165) is 44.5 Å². The molecule has 0 amide bonds. The third-order valence-electron chi connectivity index (χ3n) is 4.79. The van der Waals surface area contributed by atoms with Crippen molar-refractivity contribution >= 4 is 22.9 Å². The number of aliphatic hydroxyl groups is 1. The molecule has 2 aliphatic rings. The second kappa shape index (κ2) is 5.30. The van der Waals surface area contributed by atoms with E-state index in [4.69, 9.17) is 18.0 Å². The third kappa shape index (κ3) is 2.40. The Kier molecular flexibility index (Phi) is 3.65. The summed E-state index contributed by atoms with van der Waals surface area (Å²) in [4.78, 5) is 6.93. The van der Waals surface area contributed by atoms with Gasteiger partial charge >= 0.3 is 0 Å². The highest BCUT2D eigenvalue weighted by Gasteiger charge is 2.43. The van der Waals surface area contributed by atoms with Crippen molar-refractivity contribution in [2.24, 2.45) is 11.7 Å². The van der Waals surface area contributed by atoms with Gasteiger partial charge in [0, 0.05) is 25.2 Å². The van der Waals surface area contributed by atoms with E-state index >= 15 is 0 Å². The van der Waals surface area contributed by atoms with Crippen molar-refractivity contribution in [2.75, 3.05) is 18.0 Å². The Hall–Kier alpha value is -1.20. The molecule has 1 saturated heterocycles. The predicted molar refractivity (Wildman–Crippen MR) is 83.9 cm³/mol. The lowest BCUT2D eigenvalue weighted by Crippen LogP contribution is -2.53. The zero-order valence-electron chi connectivity index (χ0n) is 11.6. The standard InChI is InChI=1S/C15H21N3OS/c16-14(20)13-12(5-3-8-17-13)18-9-7-15(19)6-2-1-4-11(15)10-18/h3,5,8,11,19H,1-2,4,6-7,9-10H2,(H2,16,20). The third-order valence-corrected chi connectivity index (χ3v) is 4.98. The van der Waals surface area contributed by atoms with Crippen molar-refractivity contribution in [3.8, 4) is 0 Å². The monoisotopic (exact) mass is 291 g/mol. The number of anilines is 1. The molecular formula is C15H21N3OS. The highest BCUT2D eigenvalue weighted by molar-refractivity contribution is 7.80. The van der Waals surface area contributed by atoms with E-state index in [2.05, 4.69) is 9.88 Å². The van der Waals surface area contributed by atoms with Gasteiger partial charge < -0.3 is 15.7 Å². The largest absolute Gasteiger partial charge is 0.389 e. The molecule has 3 N–H and O–H groups in total. The van der Waals surface area contributed by atoms with Crippen LogP contribution in [0.5, 0.6) is 0 Å². The van der Waals surface area contributed by atoms with Gasteiger partial charge in [0.15, 0.2) is 0 Å². The SMILES string of the molecule is NC(=S)c1ncccc1N1CCC2(O)CCCCC2C1. The van der Waals surface area contributed by atoms with Gasteiger partial charge in [0.05, 0.1) is 11.3 Å². The number of rotatable bonds is 2. The van der Waals surface area contributed by atoms with Crippen molar-refractivity contribution in [1.82, 2.24) is 4.98 Å². The molecule has 2 fully saturated rings. The molecule has 0 radical (unpaired) electrons. The van der Waals surface area contributed by atoms with Crippen molar-refractivity contribution in [1.29, 1.82) is 0 Å². The lowest BCUT2D eigenvalue weighted by atomic mass is 9.71. The molecule has 1 aromatic heterocycles. The van der Waals surface area contributed by atoms with Crippen LogP contribution >= 0.6 is 12.2 Å². The number of hydrogen-bond acceptors (Lipinski definition) is 4. The summed E-state index contributed by atoms with van der Waals surface area (Å²) in [7, 11) is 0. The van der Waals surface area contributed by atoms with Gasteiger partial charge in [-0.2, -0.15) is 0 Å². The van der Waals surface area contributed by atoms with Crippen LogP contribution in [0.3, 0.4) is 0 Å². The summed E-state index contributed by atoms with van der Waals surface area (Å²) in [5.74, 6) is 0.351. The van der Waals surface area contributed by atoms with Crippen molar-refractivity contribution in [3.63, 3.8) is 0 Å². The number of nitrogens with two attached hydrogens (primary N) is 1. The molecule has 0 aromatic carbocycles. The van der Waals surface area contributed by atoms with E-state index in [9.17, 15) is 5.11 Å². The van der Waals surface area contributed by atoms with Crippen LogP contribution in [0.4, 0.5) is 5.69 Å². The molecule has 4 nitrogen and oxygen atoms in total. The van der Waals surface area contributed by atoms with Crippen molar-refractivity contribution < 1.29 is 5.11 Å². The van der Waals surface area contributed by atoms with Crippen molar-refractivity contribution in [3.05, 3.63) is 24.0 Å². The van der Waals surface area contributed by atoms with Gasteiger partial charge in [0.25, 0.3) is 0 Å². The number of thiocarbonyl (C=S) groups is 1. The average Bonchev–Trinajstić information content (AvgIpc) is 2.46. The quantitative estimate of drug-likeness (QED) is 0.814. The van der Waals surface area contributed by atoms with Crippen LogP contribution in [0.25, 0.3) is 0 Å². The molecule has 0 bridgehead atoms. The summed E-state index contributed by atoms with van der Waals surface area (Å²) in [6.07, 6.45) is 6.96. The van der Waals surface area contributed by atoms with Crippen LogP contribution in [-0.2, 0) is 0 Å². The second-order valence-electron chi connectivity index (χ2n) is 5.98. The number of aromatic nitrogens is 1. The number of hydrogen-bond donors (Lipinski definition) is 2. The van der Waals surface area contributed by atoms with Crippen LogP contribution in [0.1, 0.15) is 37.8 Å². The van der Waals surface area contributed by atoms with Gasteiger partial charge in [-0.15, -0.1) is 0 Å². The summed E-state index contributed by atoms with van der Waals surface area (Å²) in [5.41, 5.74) is 7.02. The zero-order chi connectivity index (χ0) is 14.2. The van der Waals surface area contributed by atoms with E-state index in [0.29, 0.717) is 16.6 Å². The molecule has 3 rings (SSSR count). The molecule has 1 aromatic rings. The highest BCUT2D eigenvalue weighted by atomic mass is 32.1. The van der Waals surface area contributed by atoms with Gasteiger partial charge in [0.2, 0.25) is 0 Å². The van der Waals surface area contributed by atoms with E-state index < -0.39 is 5.60 Å².